The Morgan fingerprint density at radius 3 is 2.30 bits per heavy atom. The van der Waals surface area contributed by atoms with Gasteiger partial charge in [0.1, 0.15) is 12.1 Å². The van der Waals surface area contributed by atoms with E-state index < -0.39 is 5.54 Å². The van der Waals surface area contributed by atoms with Gasteiger partial charge in [0.25, 0.3) is 5.91 Å². The number of likely N-dealkylation sites (N-methyl/N-ethyl adjacent to an activating group) is 1. The van der Waals surface area contributed by atoms with E-state index in [1.165, 1.54) is 0 Å². The Morgan fingerprint density at radius 1 is 1.10 bits per heavy atom. The van der Waals surface area contributed by atoms with Crippen molar-refractivity contribution in [2.45, 2.75) is 44.1 Å². The lowest BCUT2D eigenvalue weighted by molar-refractivity contribution is -0.142. The first-order chi connectivity index (χ1) is 9.56. The van der Waals surface area contributed by atoms with Gasteiger partial charge in [0.15, 0.2) is 0 Å². The third-order valence-corrected chi connectivity index (χ3v) is 4.99. The zero-order chi connectivity index (χ0) is 14.3. The summed E-state index contributed by atoms with van der Waals surface area (Å²) in [5.41, 5.74) is -0.676. The van der Waals surface area contributed by atoms with Crippen molar-refractivity contribution in [1.29, 1.82) is 0 Å². The molecule has 6 heteroatoms. The Kier molecular flexibility index (Phi) is 3.18. The topological polar surface area (TPSA) is 60.9 Å². The van der Waals surface area contributed by atoms with Gasteiger partial charge in [0.05, 0.1) is 0 Å². The molecule has 0 bridgehead atoms. The summed E-state index contributed by atoms with van der Waals surface area (Å²) in [5, 5.41) is 0. The number of likely N-dealkylation sites (tertiary alicyclic amines) is 1. The number of carbonyl (C=O) groups excluding carboxylic acids is 3. The average molecular weight is 279 g/mol. The summed E-state index contributed by atoms with van der Waals surface area (Å²) in [7, 11) is 1.69. The van der Waals surface area contributed by atoms with E-state index in [-0.39, 0.29) is 24.4 Å². The van der Waals surface area contributed by atoms with Crippen molar-refractivity contribution in [2.75, 3.05) is 26.7 Å². The van der Waals surface area contributed by atoms with Gasteiger partial charge in [-0.05, 0) is 19.3 Å². The number of rotatable bonds is 2. The maximum atomic E-state index is 12.7. The first-order valence-electron chi connectivity index (χ1n) is 7.44. The highest BCUT2D eigenvalue weighted by Gasteiger charge is 2.56. The molecule has 1 aliphatic carbocycles. The predicted molar refractivity (Wildman–Crippen MR) is 71.9 cm³/mol. The zero-order valence-electron chi connectivity index (χ0n) is 11.9. The van der Waals surface area contributed by atoms with E-state index in [9.17, 15) is 14.4 Å². The molecule has 0 aromatic carbocycles. The van der Waals surface area contributed by atoms with E-state index in [0.717, 1.165) is 56.5 Å². The molecule has 0 atom stereocenters. The minimum atomic E-state index is -0.676. The van der Waals surface area contributed by atoms with Crippen LogP contribution in [0.3, 0.4) is 0 Å². The first kappa shape index (κ1) is 13.4. The number of urea groups is 1. The highest BCUT2D eigenvalue weighted by atomic mass is 16.2. The van der Waals surface area contributed by atoms with Crippen molar-refractivity contribution in [3.63, 3.8) is 0 Å². The van der Waals surface area contributed by atoms with Crippen molar-refractivity contribution in [3.05, 3.63) is 0 Å². The van der Waals surface area contributed by atoms with E-state index in [4.69, 9.17) is 0 Å². The molecule has 2 aliphatic heterocycles. The second-order valence-corrected chi connectivity index (χ2v) is 6.06. The second kappa shape index (κ2) is 4.75. The molecule has 0 aromatic heterocycles. The van der Waals surface area contributed by atoms with Crippen LogP contribution in [0.2, 0.25) is 0 Å². The van der Waals surface area contributed by atoms with E-state index in [0.29, 0.717) is 0 Å². The van der Waals surface area contributed by atoms with Gasteiger partial charge in [-0.3, -0.25) is 14.5 Å². The lowest BCUT2D eigenvalue weighted by Crippen LogP contribution is -2.50. The third-order valence-electron chi connectivity index (χ3n) is 4.99. The third kappa shape index (κ3) is 1.81. The van der Waals surface area contributed by atoms with Crippen LogP contribution < -0.4 is 0 Å². The first-order valence-corrected chi connectivity index (χ1v) is 7.44. The van der Waals surface area contributed by atoms with Crippen LogP contribution in [0, 0.1) is 0 Å². The molecule has 0 aromatic rings. The molecule has 1 saturated carbocycles. The fourth-order valence-electron chi connectivity index (χ4n) is 3.47. The highest BCUT2D eigenvalue weighted by molar-refractivity contribution is 6.08. The molecule has 0 radical (unpaired) electrons. The molecule has 2 saturated heterocycles. The van der Waals surface area contributed by atoms with Crippen molar-refractivity contribution < 1.29 is 14.4 Å². The van der Waals surface area contributed by atoms with Crippen molar-refractivity contribution >= 4 is 17.8 Å². The van der Waals surface area contributed by atoms with Gasteiger partial charge in [-0.15, -0.1) is 0 Å². The average Bonchev–Trinajstić information content (AvgIpc) is 2.54. The Labute approximate surface area is 118 Å². The van der Waals surface area contributed by atoms with E-state index in [2.05, 4.69) is 0 Å². The monoisotopic (exact) mass is 279 g/mol. The van der Waals surface area contributed by atoms with Crippen molar-refractivity contribution in [3.8, 4) is 0 Å². The second-order valence-electron chi connectivity index (χ2n) is 6.06. The Balaban J connectivity index is 1.76. The SMILES string of the molecule is CN1C(=O)N(CC(=O)N2CCC2)C(=O)C12CCCCC2. The Bertz CT molecular complexity index is 453. The van der Waals surface area contributed by atoms with Crippen LogP contribution in [0.25, 0.3) is 0 Å². The molecular weight excluding hydrogens is 258 g/mol. The summed E-state index contributed by atoms with van der Waals surface area (Å²) >= 11 is 0. The Hall–Kier alpha value is -1.59. The van der Waals surface area contributed by atoms with Gasteiger partial charge in [-0.25, -0.2) is 4.79 Å². The number of hydrogen-bond acceptors (Lipinski definition) is 3. The molecule has 3 fully saturated rings. The normalized spacial score (nSPS) is 25.4. The molecule has 3 rings (SSSR count). The summed E-state index contributed by atoms with van der Waals surface area (Å²) in [6.07, 6.45) is 5.51. The van der Waals surface area contributed by atoms with Gasteiger partial charge >= 0.3 is 6.03 Å². The molecular formula is C14H21N3O3. The summed E-state index contributed by atoms with van der Waals surface area (Å²) in [4.78, 5) is 41.4. The number of carbonyl (C=O) groups is 3. The fourth-order valence-corrected chi connectivity index (χ4v) is 3.47. The van der Waals surface area contributed by atoms with Crippen LogP contribution >= 0.6 is 0 Å². The van der Waals surface area contributed by atoms with Crippen molar-refractivity contribution in [1.82, 2.24) is 14.7 Å². The Morgan fingerprint density at radius 2 is 1.75 bits per heavy atom. The van der Waals surface area contributed by atoms with Gasteiger partial charge in [0, 0.05) is 20.1 Å². The number of imide groups is 1. The lowest BCUT2D eigenvalue weighted by Gasteiger charge is -2.36. The van der Waals surface area contributed by atoms with Crippen LogP contribution in [0.5, 0.6) is 0 Å². The van der Waals surface area contributed by atoms with Crippen LogP contribution in [-0.4, -0.2) is 64.8 Å². The van der Waals surface area contributed by atoms with E-state index >= 15 is 0 Å². The molecule has 3 aliphatic rings. The molecule has 20 heavy (non-hydrogen) atoms. The van der Waals surface area contributed by atoms with Crippen LogP contribution in [-0.2, 0) is 9.59 Å². The van der Waals surface area contributed by atoms with Gasteiger partial charge in [-0.1, -0.05) is 19.3 Å². The van der Waals surface area contributed by atoms with E-state index in [1.54, 1.807) is 16.8 Å². The van der Waals surface area contributed by atoms with Gasteiger partial charge in [0.2, 0.25) is 5.91 Å². The van der Waals surface area contributed by atoms with Crippen LogP contribution in [0.4, 0.5) is 4.79 Å². The molecule has 0 unspecified atom stereocenters. The molecule has 110 valence electrons. The summed E-state index contributed by atoms with van der Waals surface area (Å²) in [6, 6.07) is -0.314. The predicted octanol–water partition coefficient (Wildman–Crippen LogP) is 0.816. The zero-order valence-corrected chi connectivity index (χ0v) is 11.9. The molecule has 0 N–H and O–H groups in total. The number of amides is 4. The maximum absolute atomic E-state index is 12.7. The summed E-state index contributed by atoms with van der Waals surface area (Å²) in [5.74, 6) is -0.280. The minimum Gasteiger partial charge on any atom is -0.341 e. The van der Waals surface area contributed by atoms with Crippen LogP contribution in [0.1, 0.15) is 38.5 Å². The summed E-state index contributed by atoms with van der Waals surface area (Å²) < 4.78 is 0. The van der Waals surface area contributed by atoms with Crippen LogP contribution in [0.15, 0.2) is 0 Å². The van der Waals surface area contributed by atoms with Gasteiger partial charge in [-0.2, -0.15) is 0 Å². The highest BCUT2D eigenvalue weighted by Crippen LogP contribution is 2.39. The quantitative estimate of drug-likeness (QED) is 0.703. The smallest absolute Gasteiger partial charge is 0.327 e. The number of hydrogen-bond donors (Lipinski definition) is 0. The molecule has 1 spiro atoms. The molecule has 4 amide bonds. The van der Waals surface area contributed by atoms with E-state index in [1.807, 2.05) is 0 Å². The largest absolute Gasteiger partial charge is 0.341 e. The minimum absolute atomic E-state index is 0.0935. The summed E-state index contributed by atoms with van der Waals surface area (Å²) in [6.45, 7) is 1.40. The standard InChI is InChI=1S/C14H21N3O3/c1-15-13(20)17(10-11(18)16-8-5-9-16)12(19)14(15)6-3-2-4-7-14/h2-10H2,1H3. The maximum Gasteiger partial charge on any atom is 0.327 e. The molecule has 6 nitrogen and oxygen atoms in total. The molecule has 2 heterocycles. The fraction of sp³-hybridized carbons (Fsp3) is 0.786. The van der Waals surface area contributed by atoms with Gasteiger partial charge < -0.3 is 9.80 Å². The lowest BCUT2D eigenvalue weighted by atomic mass is 9.81. The van der Waals surface area contributed by atoms with Crippen molar-refractivity contribution in [2.24, 2.45) is 0 Å². The number of nitrogens with zero attached hydrogens (tertiary/aromatic N) is 3.